The van der Waals surface area contributed by atoms with E-state index in [1.54, 1.807) is 0 Å². The Morgan fingerprint density at radius 2 is 1.95 bits per heavy atom. The van der Waals surface area contributed by atoms with Gasteiger partial charge in [0.2, 0.25) is 17.8 Å². The van der Waals surface area contributed by atoms with Crippen LogP contribution in [0.4, 0.5) is 17.8 Å². The van der Waals surface area contributed by atoms with Crippen LogP contribution in [0.15, 0.2) is 0 Å². The number of nitrogen functional groups attached to an aromatic ring is 1. The predicted octanol–water partition coefficient (Wildman–Crippen LogP) is 0.383. The Labute approximate surface area is 113 Å². The molecule has 0 bridgehead atoms. The number of hydrogen-bond acceptors (Lipinski definition) is 7. The van der Waals surface area contributed by atoms with Crippen LogP contribution in [0, 0.1) is 5.92 Å². The van der Waals surface area contributed by atoms with E-state index in [0.717, 1.165) is 19.6 Å². The van der Waals surface area contributed by atoms with E-state index in [-0.39, 0.29) is 5.95 Å². The average Bonchev–Trinajstić information content (AvgIpc) is 2.38. The zero-order valence-corrected chi connectivity index (χ0v) is 11.8. The van der Waals surface area contributed by atoms with Crippen molar-refractivity contribution in [2.45, 2.75) is 13.8 Å². The summed E-state index contributed by atoms with van der Waals surface area (Å²) in [6, 6.07) is 0. The van der Waals surface area contributed by atoms with E-state index in [0.29, 0.717) is 31.0 Å². The molecule has 0 amide bonds. The zero-order chi connectivity index (χ0) is 13.8. The Kier molecular flexibility index (Phi) is 4.36. The summed E-state index contributed by atoms with van der Waals surface area (Å²) in [5, 5.41) is 0. The second-order valence-corrected chi connectivity index (χ2v) is 5.17. The molecule has 0 radical (unpaired) electrons. The molecule has 0 atom stereocenters. The van der Waals surface area contributed by atoms with Gasteiger partial charge in [0.1, 0.15) is 0 Å². The van der Waals surface area contributed by atoms with Crippen molar-refractivity contribution in [3.8, 4) is 0 Å². The van der Waals surface area contributed by atoms with Crippen molar-refractivity contribution in [2.24, 2.45) is 5.92 Å². The lowest BCUT2D eigenvalue weighted by Crippen LogP contribution is -2.38. The van der Waals surface area contributed by atoms with Crippen molar-refractivity contribution in [1.29, 1.82) is 0 Å². The number of ether oxygens (including phenoxy) is 1. The first-order chi connectivity index (χ1) is 9.06. The minimum absolute atomic E-state index is 0.266. The van der Waals surface area contributed by atoms with Crippen molar-refractivity contribution in [3.05, 3.63) is 0 Å². The Morgan fingerprint density at radius 3 is 2.58 bits per heavy atom. The van der Waals surface area contributed by atoms with Crippen LogP contribution in [-0.4, -0.2) is 54.8 Å². The van der Waals surface area contributed by atoms with Crippen LogP contribution in [-0.2, 0) is 4.74 Å². The number of nitrogens with two attached hydrogens (primary N) is 1. The van der Waals surface area contributed by atoms with Gasteiger partial charge in [0.05, 0.1) is 13.2 Å². The zero-order valence-electron chi connectivity index (χ0n) is 11.8. The van der Waals surface area contributed by atoms with Crippen molar-refractivity contribution >= 4 is 17.8 Å². The normalized spacial score (nSPS) is 15.9. The second-order valence-electron chi connectivity index (χ2n) is 5.17. The van der Waals surface area contributed by atoms with Crippen LogP contribution in [0.25, 0.3) is 0 Å². The smallest absolute Gasteiger partial charge is 0.232 e. The summed E-state index contributed by atoms with van der Waals surface area (Å²) >= 11 is 0. The molecular weight excluding hydrogens is 244 g/mol. The SMILES string of the molecule is CC(C)CN(C)c1nc(N)nc(N2CCOCC2)n1. The minimum atomic E-state index is 0.266. The fraction of sp³-hybridized carbons (Fsp3) is 0.750. The maximum Gasteiger partial charge on any atom is 0.232 e. The molecule has 0 saturated carbocycles. The first-order valence-electron chi connectivity index (χ1n) is 6.61. The molecule has 1 aromatic heterocycles. The Morgan fingerprint density at radius 1 is 1.26 bits per heavy atom. The van der Waals surface area contributed by atoms with Gasteiger partial charge in [0, 0.05) is 26.7 Å². The molecule has 0 aliphatic carbocycles. The van der Waals surface area contributed by atoms with Crippen molar-refractivity contribution in [3.63, 3.8) is 0 Å². The Hall–Kier alpha value is -1.63. The fourth-order valence-electron chi connectivity index (χ4n) is 2.07. The second kappa shape index (κ2) is 6.01. The van der Waals surface area contributed by atoms with Crippen LogP contribution in [0.2, 0.25) is 0 Å². The monoisotopic (exact) mass is 266 g/mol. The third kappa shape index (κ3) is 3.66. The Bertz CT molecular complexity index is 419. The van der Waals surface area contributed by atoms with Gasteiger partial charge in [-0.1, -0.05) is 13.8 Å². The molecule has 2 N–H and O–H groups in total. The van der Waals surface area contributed by atoms with E-state index in [1.165, 1.54) is 0 Å². The summed E-state index contributed by atoms with van der Waals surface area (Å²) in [6.07, 6.45) is 0. The van der Waals surface area contributed by atoms with Crippen molar-refractivity contribution < 1.29 is 4.74 Å². The van der Waals surface area contributed by atoms with Gasteiger partial charge in [-0.05, 0) is 5.92 Å². The molecule has 1 aromatic rings. The van der Waals surface area contributed by atoms with Crippen LogP contribution in [0.3, 0.4) is 0 Å². The van der Waals surface area contributed by atoms with Gasteiger partial charge in [-0.25, -0.2) is 0 Å². The first kappa shape index (κ1) is 13.8. The van der Waals surface area contributed by atoms with Gasteiger partial charge in [-0.15, -0.1) is 0 Å². The average molecular weight is 266 g/mol. The molecule has 1 saturated heterocycles. The topological polar surface area (TPSA) is 80.4 Å². The Balaban J connectivity index is 2.18. The van der Waals surface area contributed by atoms with Crippen LogP contribution >= 0.6 is 0 Å². The number of rotatable bonds is 4. The van der Waals surface area contributed by atoms with E-state index >= 15 is 0 Å². The molecule has 0 aromatic carbocycles. The van der Waals surface area contributed by atoms with Gasteiger partial charge in [0.15, 0.2) is 0 Å². The number of nitrogens with zero attached hydrogens (tertiary/aromatic N) is 5. The third-order valence-corrected chi connectivity index (χ3v) is 2.90. The largest absolute Gasteiger partial charge is 0.378 e. The summed E-state index contributed by atoms with van der Waals surface area (Å²) in [7, 11) is 1.97. The number of anilines is 3. The van der Waals surface area contributed by atoms with E-state index in [4.69, 9.17) is 10.5 Å². The molecular formula is C12H22N6O. The molecule has 1 aliphatic heterocycles. The molecule has 19 heavy (non-hydrogen) atoms. The van der Waals surface area contributed by atoms with E-state index in [9.17, 15) is 0 Å². The highest BCUT2D eigenvalue weighted by Gasteiger charge is 2.17. The van der Waals surface area contributed by atoms with Gasteiger partial charge in [0.25, 0.3) is 0 Å². The van der Waals surface area contributed by atoms with Crippen molar-refractivity contribution in [1.82, 2.24) is 15.0 Å². The van der Waals surface area contributed by atoms with E-state index in [2.05, 4.69) is 33.7 Å². The van der Waals surface area contributed by atoms with Crippen LogP contribution in [0.1, 0.15) is 13.8 Å². The van der Waals surface area contributed by atoms with Crippen LogP contribution in [0.5, 0.6) is 0 Å². The lowest BCUT2D eigenvalue weighted by atomic mass is 10.2. The molecule has 1 aliphatic rings. The maximum absolute atomic E-state index is 5.79. The standard InChI is InChI=1S/C12H22N6O/c1-9(2)8-17(3)11-14-10(13)15-12(16-11)18-4-6-19-7-5-18/h9H,4-8H2,1-3H3,(H2,13,14,15,16). The highest BCUT2D eigenvalue weighted by atomic mass is 16.5. The number of aromatic nitrogens is 3. The maximum atomic E-state index is 5.79. The van der Waals surface area contributed by atoms with Gasteiger partial charge < -0.3 is 20.3 Å². The quantitative estimate of drug-likeness (QED) is 0.844. The minimum Gasteiger partial charge on any atom is -0.378 e. The molecule has 2 rings (SSSR count). The molecule has 7 heteroatoms. The van der Waals surface area contributed by atoms with Gasteiger partial charge in [-0.2, -0.15) is 15.0 Å². The number of hydrogen-bond donors (Lipinski definition) is 1. The summed E-state index contributed by atoms with van der Waals surface area (Å²) in [6.45, 7) is 8.17. The molecule has 106 valence electrons. The molecule has 7 nitrogen and oxygen atoms in total. The van der Waals surface area contributed by atoms with Crippen molar-refractivity contribution in [2.75, 3.05) is 55.4 Å². The lowest BCUT2D eigenvalue weighted by Gasteiger charge is -2.28. The summed E-state index contributed by atoms with van der Waals surface area (Å²) in [5.74, 6) is 2.07. The highest BCUT2D eigenvalue weighted by Crippen LogP contribution is 2.16. The van der Waals surface area contributed by atoms with Gasteiger partial charge >= 0.3 is 0 Å². The summed E-state index contributed by atoms with van der Waals surface area (Å²) < 4.78 is 5.33. The van der Waals surface area contributed by atoms with E-state index in [1.807, 2.05) is 11.9 Å². The summed E-state index contributed by atoms with van der Waals surface area (Å²) in [4.78, 5) is 17.0. The molecule has 1 fully saturated rings. The lowest BCUT2D eigenvalue weighted by molar-refractivity contribution is 0.122. The van der Waals surface area contributed by atoms with Crippen LogP contribution < -0.4 is 15.5 Å². The molecule has 2 heterocycles. The number of morpholine rings is 1. The highest BCUT2D eigenvalue weighted by molar-refractivity contribution is 5.43. The molecule has 0 spiro atoms. The third-order valence-electron chi connectivity index (χ3n) is 2.90. The van der Waals surface area contributed by atoms with E-state index < -0.39 is 0 Å². The first-order valence-corrected chi connectivity index (χ1v) is 6.61. The predicted molar refractivity (Wildman–Crippen MR) is 75.4 cm³/mol. The fourth-order valence-corrected chi connectivity index (χ4v) is 2.07. The molecule has 0 unspecified atom stereocenters. The summed E-state index contributed by atoms with van der Waals surface area (Å²) in [5.41, 5.74) is 5.79. The van der Waals surface area contributed by atoms with Gasteiger partial charge in [-0.3, -0.25) is 0 Å².